The van der Waals surface area contributed by atoms with E-state index in [1.807, 2.05) is 0 Å². The Bertz CT molecular complexity index is 6750. The Morgan fingerprint density at radius 3 is 0.924 bits per heavy atom. The number of carbonyl (C=O) groups is 7. The summed E-state index contributed by atoms with van der Waals surface area (Å²) in [7, 11) is -25.4. The first kappa shape index (κ1) is 101. The molecule has 131 heavy (non-hydrogen) atoms. The van der Waals surface area contributed by atoms with E-state index in [0.717, 1.165) is 36.4 Å². The molecule has 7 N–H and O–H groups in total. The van der Waals surface area contributed by atoms with Crippen molar-refractivity contribution in [1.82, 2.24) is 0 Å². The largest absolute Gasteiger partial charge is 0.447 e. The Kier molecular flexibility index (Phi) is 36.9. The summed E-state index contributed by atoms with van der Waals surface area (Å²) in [6, 6.07) is 45.4. The summed E-state index contributed by atoms with van der Waals surface area (Å²) in [6.45, 7) is -0.917. The van der Waals surface area contributed by atoms with Crippen LogP contribution < -0.4 is 37.2 Å². The average molecular weight is 1930 g/mol. The SMILES string of the molecule is O=S=O.[N-]=[N+]=NS(=O)(=O)c1ccc(CC(Cc2ccc(S(=O)(=O)N=[N+]=[N-])cc2)OC(=O)Nc2ccc(S(=O)(=O)N=[N+]=[N-])cc2)cc1.[N-]=[N+]=NS(=O)(=O)c1cccc(NC(=O)OCCNc2ccc(NCCOC(=O)Nc3cccc(S(=O)(=O)N=[N+]=[N-])c3)c3c2C(=O)c2ccccc2C3=O)c1.[N-]=[N+]=Nc1ccc(NC(=O)OCCOC(=O)Nc2ccc(S(=O)(=O)N=[N+]=[N-])cc2)cc1. The highest BCUT2D eigenvalue weighted by molar-refractivity contribution is 7.91. The second-order valence-corrected chi connectivity index (χ2v) is 34.3. The van der Waals surface area contributed by atoms with Crippen LogP contribution in [0.1, 0.15) is 43.0 Å². The van der Waals surface area contributed by atoms with Crippen molar-refractivity contribution in [1.29, 1.82) is 0 Å². The van der Waals surface area contributed by atoms with Gasteiger partial charge in [0, 0.05) is 144 Å². The number of amides is 5. The maximum Gasteiger partial charge on any atom is 0.411 e. The molecule has 9 aromatic rings. The van der Waals surface area contributed by atoms with Crippen molar-refractivity contribution in [3.8, 4) is 0 Å². The van der Waals surface area contributed by atoms with Gasteiger partial charge in [-0.25, -0.2) is 74.5 Å². The highest BCUT2D eigenvalue weighted by Crippen LogP contribution is 2.37. The first-order valence-electron chi connectivity index (χ1n) is 35.5. The number of anilines is 7. The molecule has 0 unspecified atom stereocenters. The number of sulfonamides is 6. The number of ketones is 2. The summed E-state index contributed by atoms with van der Waals surface area (Å²) in [5.74, 6) is -0.887. The summed E-state index contributed by atoms with van der Waals surface area (Å²) in [5.41, 5.74) is 62.1. The monoisotopic (exact) mass is 1930 g/mol. The summed E-state index contributed by atoms with van der Waals surface area (Å²) in [4.78, 5) is 103. The van der Waals surface area contributed by atoms with E-state index < -0.39 is 120 Å². The molecule has 0 bridgehead atoms. The van der Waals surface area contributed by atoms with Gasteiger partial charge in [-0.3, -0.25) is 36.2 Å². The Hall–Kier alpha value is -17.0. The van der Waals surface area contributed by atoms with Crippen molar-refractivity contribution >= 4 is 159 Å². The molecule has 10 rings (SSSR count). The van der Waals surface area contributed by atoms with Gasteiger partial charge in [-0.1, -0.05) is 77.9 Å². The van der Waals surface area contributed by atoms with Gasteiger partial charge >= 0.3 is 42.0 Å². The molecule has 9 aromatic carbocycles. The third-order valence-electron chi connectivity index (χ3n) is 16.3. The number of nitrogens with zero attached hydrogens (tertiary/aromatic N) is 21. The number of benzene rings is 9. The first-order chi connectivity index (χ1) is 62.4. The molecule has 0 saturated carbocycles. The Morgan fingerprint density at radius 1 is 0.328 bits per heavy atom. The third-order valence-corrected chi connectivity index (χ3v) is 23.2. The molecule has 0 spiro atoms. The van der Waals surface area contributed by atoms with Crippen LogP contribution >= 0.6 is 0 Å². The molecule has 0 fully saturated rings. The van der Waals surface area contributed by atoms with Crippen molar-refractivity contribution < 1.29 is 116 Å². The molecular weight excluding hydrogens is 1870 g/mol. The molecule has 1 aliphatic carbocycles. The van der Waals surface area contributed by atoms with Crippen LogP contribution in [0.15, 0.2) is 268 Å². The van der Waals surface area contributed by atoms with Crippen LogP contribution in [0.4, 0.5) is 69.5 Å². The fourth-order valence-electron chi connectivity index (χ4n) is 10.8. The van der Waals surface area contributed by atoms with Crippen LogP contribution in [0.25, 0.3) is 73.1 Å². The Morgan fingerprint density at radius 2 is 0.611 bits per heavy atom. The van der Waals surface area contributed by atoms with Gasteiger partial charge in [0.1, 0.15) is 32.5 Å². The lowest BCUT2D eigenvalue weighted by atomic mass is 9.82. The highest BCUT2D eigenvalue weighted by Gasteiger charge is 2.34. The fourth-order valence-corrected chi connectivity index (χ4v) is 14.9. The molecule has 54 nitrogen and oxygen atoms in total. The number of fused-ring (bicyclic) bond motifs is 2. The highest BCUT2D eigenvalue weighted by atomic mass is 32.2. The van der Waals surface area contributed by atoms with Crippen molar-refractivity contribution in [2.75, 3.05) is 76.7 Å². The van der Waals surface area contributed by atoms with Gasteiger partial charge in [0.15, 0.2) is 11.6 Å². The summed E-state index contributed by atoms with van der Waals surface area (Å²) in [6.07, 6.45) is -5.24. The predicted molar refractivity (Wildman–Crippen MR) is 459 cm³/mol. The Balaban J connectivity index is 0.000000274. The van der Waals surface area contributed by atoms with E-state index in [2.05, 4.69) is 104 Å². The van der Waals surface area contributed by atoms with Crippen LogP contribution in [0.3, 0.4) is 0 Å². The lowest BCUT2D eigenvalue weighted by molar-refractivity contribution is 0.0980. The Labute approximate surface area is 740 Å². The minimum Gasteiger partial charge on any atom is -0.447 e. The number of ether oxygens (including phenoxy) is 5. The maximum absolute atomic E-state index is 13.7. The lowest BCUT2D eigenvalue weighted by Gasteiger charge is -2.24. The predicted octanol–water partition coefficient (Wildman–Crippen LogP) is 14.6. The van der Waals surface area contributed by atoms with Crippen molar-refractivity contribution in [3.05, 3.63) is 313 Å². The zero-order valence-electron chi connectivity index (χ0n) is 65.7. The molecule has 61 heteroatoms. The van der Waals surface area contributed by atoms with Crippen LogP contribution in [0, 0.1) is 0 Å². The smallest absolute Gasteiger partial charge is 0.411 e. The number of nitrogens with one attached hydrogen (secondary N) is 7. The van der Waals surface area contributed by atoms with E-state index in [-0.39, 0.29) is 138 Å². The summed E-state index contributed by atoms with van der Waals surface area (Å²) >= 11 is -0.750. The molecule has 0 aromatic heterocycles. The molecule has 676 valence electrons. The van der Waals surface area contributed by atoms with E-state index in [9.17, 15) is 84.1 Å². The second kappa shape index (κ2) is 47.9. The standard InChI is InChI=1S/C32H26N10O10S2.C22H18N10O8S3.C16H14N8O6S.O2S/c33-39-41-53(47,48)21-7-3-5-19(17-21)37-31(45)51-15-13-35-25-11-12-26(28-27(25)29(43)23-9-1-2-10-24(23)30(28)44)36-14-16-52-32(46)38-20-6-4-8-22(18-20)54(49,50)42-40-34;23-27-30-41(34,35)19-7-1-15(2-8-19)13-18(14-16-3-9-20(10-4-16)42(36,37)31-28-24)40-22(33)26-17-5-11-21(12-6-17)43(38,39)32-29-25;17-22-21-13-3-1-11(2-4-13)19-15(25)29-9-10-30-16(26)20-12-5-7-14(8-6-12)31(27,28)24-23-18;1-3-2/h1-12,17-18,35-36H,13-16H2,(H,37,45)(H,38,46);1-12,18H,13-14H2,(H,26,33);1-8H,9-10H2,(H,19,25)(H,20,26);. The average Bonchev–Trinajstić information content (AvgIpc) is 0.740. The molecule has 0 radical (unpaired) electrons. The van der Waals surface area contributed by atoms with Crippen LogP contribution in [-0.2, 0) is 108 Å². The van der Waals surface area contributed by atoms with Gasteiger partial charge in [0.25, 0.3) is 60.1 Å². The minimum absolute atomic E-state index is 0.00954. The number of carbonyl (C=O) groups excluding carboxylic acids is 7. The van der Waals surface area contributed by atoms with Gasteiger partial charge in [-0.2, -0.15) is 8.42 Å². The van der Waals surface area contributed by atoms with E-state index in [1.54, 1.807) is 24.3 Å². The summed E-state index contributed by atoms with van der Waals surface area (Å²) in [5, 5.41) is 21.3. The van der Waals surface area contributed by atoms with Gasteiger partial charge in [-0.05, 0) is 183 Å². The maximum atomic E-state index is 13.7. The molecule has 0 heterocycles. The molecule has 0 aliphatic heterocycles. The minimum atomic E-state index is -4.28. The van der Waals surface area contributed by atoms with E-state index in [4.69, 9.17) is 70.8 Å². The van der Waals surface area contributed by atoms with E-state index >= 15 is 0 Å². The molecule has 5 amide bonds. The van der Waals surface area contributed by atoms with Gasteiger partial charge in [0.2, 0.25) is 0 Å². The second-order valence-electron chi connectivity index (χ2n) is 24.6. The van der Waals surface area contributed by atoms with Crippen LogP contribution in [-0.4, -0.2) is 147 Å². The molecular formula is C70H58N28O26S7. The van der Waals surface area contributed by atoms with E-state index in [0.29, 0.717) is 22.5 Å². The topological polar surface area (TPSA) is 830 Å². The summed E-state index contributed by atoms with van der Waals surface area (Å²) < 4.78 is 201. The van der Waals surface area contributed by atoms with Gasteiger partial charge < -0.3 is 34.3 Å². The van der Waals surface area contributed by atoms with Crippen LogP contribution in [0.2, 0.25) is 0 Å². The molecule has 0 saturated heterocycles. The van der Waals surface area contributed by atoms with E-state index in [1.165, 1.54) is 146 Å². The number of hydrogen-bond acceptors (Lipinski definition) is 29. The number of hydrogen-bond donors (Lipinski definition) is 7. The zero-order valence-corrected chi connectivity index (χ0v) is 71.4. The normalized spacial score (nSPS) is 11.3. The number of rotatable bonds is 34. The van der Waals surface area contributed by atoms with Crippen LogP contribution in [0.5, 0.6) is 0 Å². The van der Waals surface area contributed by atoms with Gasteiger partial charge in [-0.15, -0.1) is 0 Å². The van der Waals surface area contributed by atoms with Crippen molar-refractivity contribution in [2.45, 2.75) is 48.3 Å². The molecule has 1 aliphatic rings. The number of azide groups is 7. The zero-order chi connectivity index (χ0) is 96.0. The lowest BCUT2D eigenvalue weighted by Crippen LogP contribution is -2.26. The fraction of sp³-hybridized carbons (Fsp3) is 0.129. The molecule has 0 atom stereocenters. The first-order valence-corrected chi connectivity index (χ1v) is 44.8. The quantitative estimate of drug-likeness (QED) is 0.00647. The van der Waals surface area contributed by atoms with Crippen molar-refractivity contribution in [3.63, 3.8) is 0 Å². The van der Waals surface area contributed by atoms with Gasteiger partial charge in [0.05, 0.1) is 40.5 Å². The van der Waals surface area contributed by atoms with Crippen molar-refractivity contribution in [2.24, 2.45) is 32.2 Å². The third kappa shape index (κ3) is 30.7.